The smallest absolute Gasteiger partial charge is 0.308 e. The summed E-state index contributed by atoms with van der Waals surface area (Å²) in [7, 11) is 0. The molecule has 0 aliphatic carbocycles. The second kappa shape index (κ2) is 35.2. The monoisotopic (exact) mass is 767 g/mol. The lowest BCUT2D eigenvalue weighted by Crippen LogP contribution is -2.32. The summed E-state index contributed by atoms with van der Waals surface area (Å²) in [6.07, 6.45) is 63.7. The molecular weight excluding hydrogens is 697 g/mol. The summed E-state index contributed by atoms with van der Waals surface area (Å²) in [5.41, 5.74) is 0. The van der Waals surface area contributed by atoms with Crippen LogP contribution >= 0.6 is 0 Å². The Morgan fingerprint density at radius 3 is 1.11 bits per heavy atom. The van der Waals surface area contributed by atoms with Crippen LogP contribution in [0.5, 0.6) is 0 Å². The Hall–Kier alpha value is -4.26. The van der Waals surface area contributed by atoms with Crippen molar-refractivity contribution in [2.75, 3.05) is 13.2 Å². The van der Waals surface area contributed by atoms with Gasteiger partial charge in [-0.15, -0.1) is 0 Å². The molecule has 2 fully saturated rings. The van der Waals surface area contributed by atoms with Gasteiger partial charge in [-0.25, -0.2) is 0 Å². The summed E-state index contributed by atoms with van der Waals surface area (Å²) in [6, 6.07) is 0. The minimum atomic E-state index is -0.764. The van der Waals surface area contributed by atoms with Crippen molar-refractivity contribution in [3.63, 3.8) is 0 Å². The third kappa shape index (κ3) is 25.8. The molecule has 2 heterocycles. The van der Waals surface area contributed by atoms with Crippen molar-refractivity contribution >= 4 is 11.9 Å². The van der Waals surface area contributed by atoms with Crippen molar-refractivity contribution in [1.29, 1.82) is 0 Å². The maximum Gasteiger partial charge on any atom is 0.308 e. The number of hydrogen-bond acceptors (Lipinski definition) is 6. The number of carbonyl (C=O) groups excluding carboxylic acids is 2. The SMILES string of the molecule is CCC=CCC=CCC=CCC=CCC=CCC=CCCC(=O)O[C@@H]1OCC2C1OC[C@@H]2OC(=O)CCC=CCC=CCC=CCC=CCC=CCC=CCC. The van der Waals surface area contributed by atoms with E-state index < -0.39 is 12.4 Å². The maximum absolute atomic E-state index is 12.5. The summed E-state index contributed by atoms with van der Waals surface area (Å²) in [5.74, 6) is -0.711. The topological polar surface area (TPSA) is 71.1 Å². The van der Waals surface area contributed by atoms with E-state index in [0.717, 1.165) is 77.0 Å². The van der Waals surface area contributed by atoms with Crippen molar-refractivity contribution < 1.29 is 28.5 Å². The first-order valence-electron chi connectivity index (χ1n) is 21.1. The van der Waals surface area contributed by atoms with E-state index in [0.29, 0.717) is 25.9 Å². The van der Waals surface area contributed by atoms with Gasteiger partial charge in [-0.2, -0.15) is 0 Å². The first-order valence-corrected chi connectivity index (χ1v) is 21.1. The molecule has 0 amide bonds. The first kappa shape index (κ1) is 47.9. The highest BCUT2D eigenvalue weighted by Crippen LogP contribution is 2.34. The van der Waals surface area contributed by atoms with E-state index in [-0.39, 0.29) is 37.0 Å². The number of allylic oxidation sites excluding steroid dienone is 24. The molecule has 6 nitrogen and oxygen atoms in total. The van der Waals surface area contributed by atoms with Crippen LogP contribution in [0.3, 0.4) is 0 Å². The Morgan fingerprint density at radius 2 is 0.750 bits per heavy atom. The molecule has 2 aliphatic heterocycles. The molecule has 0 saturated carbocycles. The van der Waals surface area contributed by atoms with Gasteiger partial charge in [-0.05, 0) is 89.9 Å². The highest BCUT2D eigenvalue weighted by Gasteiger charge is 2.50. The van der Waals surface area contributed by atoms with Crippen LogP contribution in [0.4, 0.5) is 0 Å². The zero-order chi connectivity index (χ0) is 40.0. The van der Waals surface area contributed by atoms with E-state index in [1.807, 2.05) is 12.2 Å². The highest BCUT2D eigenvalue weighted by molar-refractivity contribution is 5.70. The quantitative estimate of drug-likeness (QED) is 0.0535. The minimum absolute atomic E-state index is 0.133. The molecule has 4 atom stereocenters. The van der Waals surface area contributed by atoms with Gasteiger partial charge in [0.1, 0.15) is 12.2 Å². The average molecular weight is 767 g/mol. The summed E-state index contributed by atoms with van der Waals surface area (Å²) >= 11 is 0. The van der Waals surface area contributed by atoms with Crippen molar-refractivity contribution in [3.05, 3.63) is 146 Å². The van der Waals surface area contributed by atoms with Crippen LogP contribution < -0.4 is 0 Å². The molecule has 0 N–H and O–H groups in total. The Labute approximate surface area is 339 Å². The fourth-order valence-electron chi connectivity index (χ4n) is 5.77. The standard InChI is InChI=1S/C50H70O6/c1-3-5-7-9-11-13-15-17-19-21-23-25-27-29-31-33-35-37-39-41-47(51)55-46-44-53-49-45(46)43-54-50(49)56-48(52)42-40-38-36-34-32-30-28-26-24-22-20-18-16-14-12-10-8-6-4-2/h5-8,11-14,17-20,23-26,29-32,35-38,45-46,49-50H,3-4,9-10,15-16,21-22,27-28,33-34,39-44H2,1-2H3/t45?,46-,49?,50-/m0/s1. The van der Waals surface area contributed by atoms with E-state index >= 15 is 0 Å². The summed E-state index contributed by atoms with van der Waals surface area (Å²) in [4.78, 5) is 24.9. The lowest BCUT2D eigenvalue weighted by atomic mass is 10.0. The van der Waals surface area contributed by atoms with Crippen LogP contribution in [0.15, 0.2) is 146 Å². The van der Waals surface area contributed by atoms with Gasteiger partial charge < -0.3 is 18.9 Å². The summed E-state index contributed by atoms with van der Waals surface area (Å²) in [5, 5.41) is 0. The Balaban J connectivity index is 1.47. The molecule has 0 aromatic rings. The normalized spacial score (nSPS) is 20.8. The lowest BCUT2D eigenvalue weighted by Gasteiger charge is -2.17. The molecular formula is C50H70O6. The number of hydrogen-bond donors (Lipinski definition) is 0. The van der Waals surface area contributed by atoms with Crippen molar-refractivity contribution in [1.82, 2.24) is 0 Å². The second-order valence-electron chi connectivity index (χ2n) is 13.6. The van der Waals surface area contributed by atoms with Gasteiger partial charge in [0.25, 0.3) is 0 Å². The van der Waals surface area contributed by atoms with Crippen LogP contribution in [0, 0.1) is 5.92 Å². The number of fused-ring (bicyclic) bond motifs is 1. The van der Waals surface area contributed by atoms with Crippen LogP contribution in [0.1, 0.15) is 117 Å². The molecule has 306 valence electrons. The van der Waals surface area contributed by atoms with Gasteiger partial charge >= 0.3 is 11.9 Å². The summed E-state index contributed by atoms with van der Waals surface area (Å²) in [6.45, 7) is 4.92. The van der Waals surface area contributed by atoms with Crippen molar-refractivity contribution in [3.8, 4) is 0 Å². The number of esters is 2. The molecule has 6 heteroatoms. The third-order valence-corrected chi connectivity index (χ3v) is 8.83. The molecule has 0 aromatic carbocycles. The third-order valence-electron chi connectivity index (χ3n) is 8.83. The largest absolute Gasteiger partial charge is 0.459 e. The van der Waals surface area contributed by atoms with Crippen molar-refractivity contribution in [2.45, 2.75) is 135 Å². The minimum Gasteiger partial charge on any atom is -0.459 e. The lowest BCUT2D eigenvalue weighted by molar-refractivity contribution is -0.186. The molecule has 2 saturated heterocycles. The summed E-state index contributed by atoms with van der Waals surface area (Å²) < 4.78 is 22.8. The van der Waals surface area contributed by atoms with E-state index in [1.165, 1.54) is 0 Å². The average Bonchev–Trinajstić information content (AvgIpc) is 3.79. The zero-order valence-electron chi connectivity index (χ0n) is 34.3. The molecule has 0 bridgehead atoms. The molecule has 0 aromatic heterocycles. The van der Waals surface area contributed by atoms with Gasteiger partial charge in [-0.3, -0.25) is 9.59 Å². The Bertz CT molecular complexity index is 1290. The Morgan fingerprint density at radius 1 is 0.429 bits per heavy atom. The van der Waals surface area contributed by atoms with E-state index in [2.05, 4.69) is 148 Å². The zero-order valence-corrected chi connectivity index (χ0v) is 34.3. The van der Waals surface area contributed by atoms with Gasteiger partial charge in [0.05, 0.1) is 19.1 Å². The first-order chi connectivity index (χ1) is 27.7. The number of carbonyl (C=O) groups is 2. The van der Waals surface area contributed by atoms with Crippen molar-refractivity contribution in [2.24, 2.45) is 5.92 Å². The van der Waals surface area contributed by atoms with Crippen LogP contribution in [-0.4, -0.2) is 43.7 Å². The van der Waals surface area contributed by atoms with E-state index in [1.54, 1.807) is 0 Å². The van der Waals surface area contributed by atoms with Crippen LogP contribution in [-0.2, 0) is 28.5 Å². The second-order valence-corrected chi connectivity index (χ2v) is 13.6. The molecule has 0 radical (unpaired) electrons. The molecule has 2 aliphatic rings. The molecule has 2 rings (SSSR count). The fraction of sp³-hybridized carbons (Fsp3) is 0.480. The predicted molar refractivity (Wildman–Crippen MR) is 234 cm³/mol. The highest BCUT2D eigenvalue weighted by atomic mass is 16.7. The number of ether oxygens (including phenoxy) is 4. The fourth-order valence-corrected chi connectivity index (χ4v) is 5.77. The Kier molecular flexibility index (Phi) is 30.1. The molecule has 0 spiro atoms. The van der Waals surface area contributed by atoms with E-state index in [9.17, 15) is 9.59 Å². The van der Waals surface area contributed by atoms with Gasteiger partial charge in [-0.1, -0.05) is 160 Å². The van der Waals surface area contributed by atoms with Gasteiger partial charge in [0, 0.05) is 12.8 Å². The molecule has 2 unspecified atom stereocenters. The van der Waals surface area contributed by atoms with Crippen LogP contribution in [0.25, 0.3) is 0 Å². The van der Waals surface area contributed by atoms with Crippen LogP contribution in [0.2, 0.25) is 0 Å². The maximum atomic E-state index is 12.5. The number of rotatable bonds is 30. The van der Waals surface area contributed by atoms with Gasteiger partial charge in [0.2, 0.25) is 6.29 Å². The predicted octanol–water partition coefficient (Wildman–Crippen LogP) is 12.8. The van der Waals surface area contributed by atoms with E-state index in [4.69, 9.17) is 18.9 Å². The van der Waals surface area contributed by atoms with Gasteiger partial charge in [0.15, 0.2) is 0 Å². The molecule has 56 heavy (non-hydrogen) atoms.